The maximum Gasteiger partial charge on any atom is 0.389 e. The van der Waals surface area contributed by atoms with E-state index < -0.39 is 37.0 Å². The zero-order valence-corrected chi connectivity index (χ0v) is 12.4. The maximum absolute atomic E-state index is 12.5. The van der Waals surface area contributed by atoms with Gasteiger partial charge in [-0.15, -0.1) is 0 Å². The fourth-order valence-corrected chi connectivity index (χ4v) is 3.61. The first kappa shape index (κ1) is 18.6. The molecule has 21 heavy (non-hydrogen) atoms. The summed E-state index contributed by atoms with van der Waals surface area (Å²) >= 11 is 0. The van der Waals surface area contributed by atoms with Crippen LogP contribution in [0.3, 0.4) is 0 Å². The van der Waals surface area contributed by atoms with Crippen LogP contribution in [-0.2, 0) is 0 Å². The molecule has 0 bridgehead atoms. The lowest BCUT2D eigenvalue weighted by Gasteiger charge is -2.36. The van der Waals surface area contributed by atoms with Gasteiger partial charge in [0, 0.05) is 12.8 Å². The highest BCUT2D eigenvalue weighted by Gasteiger charge is 2.40. The molecule has 0 radical (unpaired) electrons. The van der Waals surface area contributed by atoms with Crippen LogP contribution in [0.15, 0.2) is 0 Å². The quantitative estimate of drug-likeness (QED) is 0.387. The van der Waals surface area contributed by atoms with Gasteiger partial charge in [-0.05, 0) is 37.0 Å². The van der Waals surface area contributed by atoms with Crippen molar-refractivity contribution in [2.45, 2.75) is 77.1 Å². The van der Waals surface area contributed by atoms with Crippen LogP contribution in [0.2, 0.25) is 0 Å². The first-order valence-electron chi connectivity index (χ1n) is 7.72. The molecule has 0 amide bonds. The predicted molar refractivity (Wildman–Crippen MR) is 69.8 cm³/mol. The minimum atomic E-state index is -4.28. The molecule has 2 unspecified atom stereocenters. The van der Waals surface area contributed by atoms with Crippen LogP contribution < -0.4 is 0 Å². The second-order valence-electron chi connectivity index (χ2n) is 6.44. The van der Waals surface area contributed by atoms with Gasteiger partial charge in [0.1, 0.15) is 0 Å². The third kappa shape index (κ3) is 8.57. The molecule has 1 aliphatic rings. The Morgan fingerprint density at radius 1 is 0.714 bits per heavy atom. The van der Waals surface area contributed by atoms with Crippen LogP contribution in [0, 0.1) is 17.8 Å². The first-order valence-corrected chi connectivity index (χ1v) is 7.72. The molecule has 0 N–H and O–H groups in total. The Bertz CT molecular complexity index is 270. The van der Waals surface area contributed by atoms with Gasteiger partial charge in [0.15, 0.2) is 0 Å². The fraction of sp³-hybridized carbons (Fsp3) is 1.00. The van der Waals surface area contributed by atoms with Crippen molar-refractivity contribution in [2.75, 3.05) is 0 Å². The van der Waals surface area contributed by atoms with Crippen LogP contribution in [-0.4, -0.2) is 12.4 Å². The van der Waals surface area contributed by atoms with Crippen molar-refractivity contribution in [1.29, 1.82) is 0 Å². The maximum atomic E-state index is 12.5. The number of hydrogen-bond donors (Lipinski definition) is 0. The highest BCUT2D eigenvalue weighted by Crippen LogP contribution is 2.44. The number of unbranched alkanes of at least 4 members (excludes halogenated alkanes) is 2. The second-order valence-corrected chi connectivity index (χ2v) is 6.44. The van der Waals surface area contributed by atoms with Gasteiger partial charge in [0.25, 0.3) is 0 Å². The van der Waals surface area contributed by atoms with Crippen molar-refractivity contribution in [3.8, 4) is 0 Å². The highest BCUT2D eigenvalue weighted by molar-refractivity contribution is 4.82. The van der Waals surface area contributed by atoms with Gasteiger partial charge >= 0.3 is 12.4 Å². The summed E-state index contributed by atoms with van der Waals surface area (Å²) < 4.78 is 75.1. The van der Waals surface area contributed by atoms with Crippen molar-refractivity contribution >= 4 is 0 Å². The summed E-state index contributed by atoms with van der Waals surface area (Å²) in [7, 11) is 0. The van der Waals surface area contributed by atoms with Gasteiger partial charge in [-0.1, -0.05) is 32.6 Å². The molecule has 0 heterocycles. The lowest BCUT2D eigenvalue weighted by molar-refractivity contribution is -0.160. The van der Waals surface area contributed by atoms with E-state index in [-0.39, 0.29) is 12.3 Å². The monoisotopic (exact) mass is 318 g/mol. The first-order chi connectivity index (χ1) is 9.59. The average molecular weight is 318 g/mol. The van der Waals surface area contributed by atoms with E-state index >= 15 is 0 Å². The Balaban J connectivity index is 2.59. The summed E-state index contributed by atoms with van der Waals surface area (Å²) in [4.78, 5) is 0. The predicted octanol–water partition coefficient (Wildman–Crippen LogP) is 6.50. The zero-order chi connectivity index (χ0) is 16.1. The van der Waals surface area contributed by atoms with E-state index in [0.29, 0.717) is 12.8 Å². The standard InChI is InChI=1S/C15H24F6/c1-2-3-4-5-11-6-12(9-14(16,17)18)8-13(7-11)10-15(19,20)21/h11-13H,2-10H2,1H3. The van der Waals surface area contributed by atoms with Gasteiger partial charge in [-0.2, -0.15) is 26.3 Å². The van der Waals surface area contributed by atoms with Crippen molar-refractivity contribution in [1.82, 2.24) is 0 Å². The summed E-state index contributed by atoms with van der Waals surface area (Å²) in [6.07, 6.45) is -5.86. The van der Waals surface area contributed by atoms with E-state index in [1.165, 1.54) is 0 Å². The van der Waals surface area contributed by atoms with Gasteiger partial charge in [0.05, 0.1) is 0 Å². The lowest BCUT2D eigenvalue weighted by Crippen LogP contribution is -2.29. The molecular weight excluding hydrogens is 294 g/mol. The molecule has 6 heteroatoms. The second kappa shape index (κ2) is 7.73. The third-order valence-electron chi connectivity index (χ3n) is 4.26. The molecule has 0 aromatic carbocycles. The van der Waals surface area contributed by atoms with E-state index in [4.69, 9.17) is 0 Å². The van der Waals surface area contributed by atoms with Gasteiger partial charge in [0.2, 0.25) is 0 Å². The average Bonchev–Trinajstić information content (AvgIpc) is 2.24. The van der Waals surface area contributed by atoms with E-state index in [1.807, 2.05) is 6.92 Å². The summed E-state index contributed by atoms with van der Waals surface area (Å²) in [5.41, 5.74) is 0. The van der Waals surface area contributed by atoms with Gasteiger partial charge in [-0.3, -0.25) is 0 Å². The largest absolute Gasteiger partial charge is 0.389 e. The Labute approximate surface area is 122 Å². The van der Waals surface area contributed by atoms with Crippen LogP contribution in [0.25, 0.3) is 0 Å². The molecule has 0 spiro atoms. The van der Waals surface area contributed by atoms with Gasteiger partial charge in [-0.25, -0.2) is 0 Å². The molecule has 126 valence electrons. The molecule has 0 nitrogen and oxygen atoms in total. The molecule has 0 aliphatic heterocycles. The molecule has 0 aromatic heterocycles. The minimum Gasteiger partial charge on any atom is -0.171 e. The molecular formula is C15H24F6. The molecule has 0 aromatic rings. The smallest absolute Gasteiger partial charge is 0.171 e. The summed E-state index contributed by atoms with van der Waals surface area (Å²) in [5, 5.41) is 0. The molecule has 2 atom stereocenters. The van der Waals surface area contributed by atoms with E-state index in [1.54, 1.807) is 0 Å². The summed E-state index contributed by atoms with van der Waals surface area (Å²) in [6, 6.07) is 0. The number of rotatable bonds is 6. The molecule has 0 saturated heterocycles. The SMILES string of the molecule is CCCCCC1CC(CC(F)(F)F)CC(CC(F)(F)F)C1. The molecule has 1 saturated carbocycles. The van der Waals surface area contributed by atoms with Crippen LogP contribution >= 0.6 is 0 Å². The van der Waals surface area contributed by atoms with Crippen molar-refractivity contribution in [2.24, 2.45) is 17.8 Å². The van der Waals surface area contributed by atoms with Crippen LogP contribution in [0.5, 0.6) is 0 Å². The molecule has 1 rings (SSSR count). The van der Waals surface area contributed by atoms with Crippen LogP contribution in [0.4, 0.5) is 26.3 Å². The van der Waals surface area contributed by atoms with E-state index in [9.17, 15) is 26.3 Å². The number of alkyl halides is 6. The Hall–Kier alpha value is -0.420. The third-order valence-corrected chi connectivity index (χ3v) is 4.26. The topological polar surface area (TPSA) is 0 Å². The highest BCUT2D eigenvalue weighted by atomic mass is 19.4. The summed E-state index contributed by atoms with van der Waals surface area (Å²) in [6.45, 7) is 2.03. The number of hydrogen-bond acceptors (Lipinski definition) is 0. The number of halogens is 6. The molecule has 1 aliphatic carbocycles. The Kier molecular flexibility index (Phi) is 6.85. The van der Waals surface area contributed by atoms with Crippen molar-refractivity contribution < 1.29 is 26.3 Å². The fourth-order valence-electron chi connectivity index (χ4n) is 3.61. The minimum absolute atomic E-state index is 0.0185. The molecule has 1 fully saturated rings. The van der Waals surface area contributed by atoms with Crippen LogP contribution in [0.1, 0.15) is 64.7 Å². The van der Waals surface area contributed by atoms with Gasteiger partial charge < -0.3 is 0 Å². The van der Waals surface area contributed by atoms with E-state index in [2.05, 4.69) is 0 Å². The zero-order valence-electron chi connectivity index (χ0n) is 12.4. The Morgan fingerprint density at radius 2 is 1.14 bits per heavy atom. The lowest BCUT2D eigenvalue weighted by atomic mass is 9.71. The van der Waals surface area contributed by atoms with E-state index in [0.717, 1.165) is 25.7 Å². The van der Waals surface area contributed by atoms with Crippen molar-refractivity contribution in [3.05, 3.63) is 0 Å². The summed E-state index contributed by atoms with van der Waals surface area (Å²) in [5.74, 6) is -1.26. The normalized spacial score (nSPS) is 27.9. The Morgan fingerprint density at radius 3 is 1.52 bits per heavy atom. The van der Waals surface area contributed by atoms with Crippen molar-refractivity contribution in [3.63, 3.8) is 0 Å².